The number of hydrogen-bond acceptors (Lipinski definition) is 5. The van der Waals surface area contributed by atoms with E-state index in [0.29, 0.717) is 0 Å². The Bertz CT molecular complexity index is 1030. The average molecular weight is 405 g/mol. The van der Waals surface area contributed by atoms with Gasteiger partial charge in [-0.3, -0.25) is 19.1 Å². The van der Waals surface area contributed by atoms with E-state index in [9.17, 15) is 19.5 Å². The molecule has 0 aliphatic heterocycles. The van der Waals surface area contributed by atoms with Crippen LogP contribution in [0.15, 0.2) is 39.0 Å². The van der Waals surface area contributed by atoms with Gasteiger partial charge in [-0.2, -0.15) is 5.10 Å². The van der Waals surface area contributed by atoms with Gasteiger partial charge in [0.05, 0.1) is 16.3 Å². The predicted octanol–water partition coefficient (Wildman–Crippen LogP) is 2.55. The fourth-order valence-corrected chi connectivity index (χ4v) is 3.66. The first kappa shape index (κ1) is 19.9. The molecule has 2 aromatic rings. The van der Waals surface area contributed by atoms with Gasteiger partial charge in [0.15, 0.2) is 0 Å². The fraction of sp³-hybridized carbons (Fsp3) is 0.368. The molecule has 1 saturated carbocycles. The van der Waals surface area contributed by atoms with Crippen LogP contribution in [0.3, 0.4) is 0 Å². The molecule has 1 heterocycles. The maximum Gasteiger partial charge on any atom is 0.331 e. The summed E-state index contributed by atoms with van der Waals surface area (Å²) in [5.41, 5.74) is 1.06. The van der Waals surface area contributed by atoms with E-state index in [1.165, 1.54) is 17.6 Å². The second-order valence-corrected chi connectivity index (χ2v) is 7.14. The van der Waals surface area contributed by atoms with E-state index < -0.39 is 23.0 Å². The van der Waals surface area contributed by atoms with Crippen molar-refractivity contribution in [1.82, 2.24) is 15.0 Å². The molecule has 1 aromatic heterocycles. The molecule has 3 rings (SSSR count). The van der Waals surface area contributed by atoms with Crippen LogP contribution < -0.4 is 16.7 Å². The van der Waals surface area contributed by atoms with E-state index in [0.717, 1.165) is 32.1 Å². The van der Waals surface area contributed by atoms with Gasteiger partial charge in [-0.15, -0.1) is 0 Å². The summed E-state index contributed by atoms with van der Waals surface area (Å²) >= 11 is 5.98. The molecule has 0 spiro atoms. The molecular formula is C19H21ClN4O4. The highest BCUT2D eigenvalue weighted by atomic mass is 35.5. The lowest BCUT2D eigenvalue weighted by molar-refractivity contribution is 0.0955. The van der Waals surface area contributed by atoms with Crippen molar-refractivity contribution in [2.45, 2.75) is 45.1 Å². The number of hydrogen-bond donors (Lipinski definition) is 3. The van der Waals surface area contributed by atoms with E-state index in [4.69, 9.17) is 11.6 Å². The lowest BCUT2D eigenvalue weighted by atomic mass is 9.95. The molecule has 1 fully saturated rings. The minimum atomic E-state index is -0.761. The van der Waals surface area contributed by atoms with Gasteiger partial charge in [0.1, 0.15) is 5.56 Å². The summed E-state index contributed by atoms with van der Waals surface area (Å²) in [6.07, 6.45) is 4.48. The molecule has 148 valence electrons. The third-order valence-corrected chi connectivity index (χ3v) is 5.19. The SMILES string of the molecule is C/C(=N/NC(=O)c1ccccc1Cl)c1c(O)n(C2CCCCC2)c(=O)[nH]c1=O. The van der Waals surface area contributed by atoms with Crippen LogP contribution in [0.5, 0.6) is 5.88 Å². The van der Waals surface area contributed by atoms with Crippen LogP contribution in [0, 0.1) is 0 Å². The maximum atomic E-state index is 12.3. The zero-order valence-corrected chi connectivity index (χ0v) is 16.1. The van der Waals surface area contributed by atoms with E-state index in [-0.39, 0.29) is 27.9 Å². The first-order valence-corrected chi connectivity index (χ1v) is 9.45. The van der Waals surface area contributed by atoms with Crippen LogP contribution >= 0.6 is 11.6 Å². The topological polar surface area (TPSA) is 117 Å². The summed E-state index contributed by atoms with van der Waals surface area (Å²) in [6.45, 7) is 1.47. The number of carbonyl (C=O) groups excluding carboxylic acids is 1. The molecule has 1 aromatic carbocycles. The number of benzene rings is 1. The second kappa shape index (κ2) is 8.43. The van der Waals surface area contributed by atoms with Crippen molar-refractivity contribution >= 4 is 23.2 Å². The Kier molecular flexibility index (Phi) is 5.99. The van der Waals surface area contributed by atoms with Gasteiger partial charge in [0.2, 0.25) is 5.88 Å². The standard InChI is InChI=1S/C19H21ClN4O4/c1-11(22-23-16(25)13-9-5-6-10-14(13)20)15-17(26)21-19(28)24(18(15)27)12-7-3-2-4-8-12/h5-6,9-10,12,27H,2-4,7-8H2,1H3,(H,23,25)(H,21,26,28)/b22-11-. The predicted molar refractivity (Wildman–Crippen MR) is 106 cm³/mol. The minimum Gasteiger partial charge on any atom is -0.494 e. The first-order valence-electron chi connectivity index (χ1n) is 9.07. The molecule has 1 amide bonds. The summed E-state index contributed by atoms with van der Waals surface area (Å²) in [5, 5.41) is 14.8. The zero-order valence-electron chi connectivity index (χ0n) is 15.4. The van der Waals surface area contributed by atoms with Gasteiger partial charge < -0.3 is 5.11 Å². The largest absolute Gasteiger partial charge is 0.494 e. The number of rotatable bonds is 4. The number of amides is 1. The number of nitrogens with one attached hydrogen (secondary N) is 2. The van der Waals surface area contributed by atoms with Crippen LogP contribution in [-0.2, 0) is 0 Å². The summed E-state index contributed by atoms with van der Waals surface area (Å²) in [5.74, 6) is -0.990. The van der Waals surface area contributed by atoms with Crippen molar-refractivity contribution in [2.75, 3.05) is 0 Å². The van der Waals surface area contributed by atoms with Gasteiger partial charge in [-0.1, -0.05) is 43.0 Å². The van der Waals surface area contributed by atoms with Gasteiger partial charge in [-0.25, -0.2) is 10.2 Å². The van der Waals surface area contributed by atoms with Crippen molar-refractivity contribution in [2.24, 2.45) is 5.10 Å². The molecule has 3 N–H and O–H groups in total. The van der Waals surface area contributed by atoms with Crippen molar-refractivity contribution in [1.29, 1.82) is 0 Å². The highest BCUT2D eigenvalue weighted by molar-refractivity contribution is 6.33. The van der Waals surface area contributed by atoms with Crippen LogP contribution in [0.1, 0.15) is 61.0 Å². The molecule has 8 nitrogen and oxygen atoms in total. The maximum absolute atomic E-state index is 12.3. The number of carbonyl (C=O) groups is 1. The summed E-state index contributed by atoms with van der Waals surface area (Å²) in [7, 11) is 0. The molecule has 0 unspecified atom stereocenters. The number of halogens is 1. The molecule has 28 heavy (non-hydrogen) atoms. The monoisotopic (exact) mass is 404 g/mol. The van der Waals surface area contributed by atoms with Gasteiger partial charge in [0, 0.05) is 6.04 Å². The lowest BCUT2D eigenvalue weighted by Crippen LogP contribution is -2.36. The van der Waals surface area contributed by atoms with Crippen molar-refractivity contribution < 1.29 is 9.90 Å². The Balaban J connectivity index is 1.93. The Hall–Kier alpha value is -2.87. The molecule has 0 bridgehead atoms. The quantitative estimate of drug-likeness (QED) is 0.536. The van der Waals surface area contributed by atoms with Gasteiger partial charge in [-0.05, 0) is 31.9 Å². The molecular weight excluding hydrogens is 384 g/mol. The van der Waals surface area contributed by atoms with Gasteiger partial charge >= 0.3 is 5.69 Å². The van der Waals surface area contributed by atoms with Crippen LogP contribution in [0.4, 0.5) is 0 Å². The average Bonchev–Trinajstić information content (AvgIpc) is 2.67. The molecule has 1 aliphatic rings. The number of aromatic amines is 1. The lowest BCUT2D eigenvalue weighted by Gasteiger charge is -2.25. The van der Waals surface area contributed by atoms with Crippen LogP contribution in [0.2, 0.25) is 5.02 Å². The van der Waals surface area contributed by atoms with E-state index in [2.05, 4.69) is 15.5 Å². The third kappa shape index (κ3) is 4.01. The number of hydrazone groups is 1. The van der Waals surface area contributed by atoms with Gasteiger partial charge in [0.25, 0.3) is 11.5 Å². The van der Waals surface area contributed by atoms with Crippen LogP contribution in [0.25, 0.3) is 0 Å². The minimum absolute atomic E-state index is 0.0729. The Labute approximate surface area is 165 Å². The Morgan fingerprint density at radius 1 is 1.25 bits per heavy atom. The number of H-pyrrole nitrogens is 1. The van der Waals surface area contributed by atoms with E-state index in [1.807, 2.05) is 0 Å². The summed E-state index contributed by atoms with van der Waals surface area (Å²) in [6, 6.07) is 6.29. The zero-order chi connectivity index (χ0) is 20.3. The first-order chi connectivity index (χ1) is 13.4. The number of aromatic nitrogens is 2. The van der Waals surface area contributed by atoms with E-state index >= 15 is 0 Å². The normalized spacial score (nSPS) is 15.4. The fourth-order valence-electron chi connectivity index (χ4n) is 3.44. The Morgan fingerprint density at radius 2 is 1.93 bits per heavy atom. The Morgan fingerprint density at radius 3 is 2.61 bits per heavy atom. The van der Waals surface area contributed by atoms with E-state index in [1.54, 1.807) is 18.2 Å². The third-order valence-electron chi connectivity index (χ3n) is 4.86. The van der Waals surface area contributed by atoms with Crippen molar-refractivity contribution in [3.8, 4) is 5.88 Å². The highest BCUT2D eigenvalue weighted by Gasteiger charge is 2.24. The van der Waals surface area contributed by atoms with Crippen molar-refractivity contribution in [3.63, 3.8) is 0 Å². The molecule has 1 aliphatic carbocycles. The summed E-state index contributed by atoms with van der Waals surface area (Å²) in [4.78, 5) is 39.0. The van der Waals surface area contributed by atoms with Crippen LogP contribution in [-0.4, -0.2) is 26.3 Å². The highest BCUT2D eigenvalue weighted by Crippen LogP contribution is 2.30. The molecule has 9 heteroatoms. The molecule has 0 radical (unpaired) electrons. The molecule has 0 saturated heterocycles. The van der Waals surface area contributed by atoms with Crippen molar-refractivity contribution in [3.05, 3.63) is 61.3 Å². The molecule has 0 atom stereocenters. The number of nitrogens with zero attached hydrogens (tertiary/aromatic N) is 2. The summed E-state index contributed by atoms with van der Waals surface area (Å²) < 4.78 is 1.21. The number of aromatic hydroxyl groups is 1. The smallest absolute Gasteiger partial charge is 0.331 e. The second-order valence-electron chi connectivity index (χ2n) is 6.74.